The summed E-state index contributed by atoms with van der Waals surface area (Å²) < 4.78 is 68.6. The molecular formula is C27H29F3N4O6S. The zero-order valence-corrected chi connectivity index (χ0v) is 22.8. The molecule has 41 heavy (non-hydrogen) atoms. The van der Waals surface area contributed by atoms with Gasteiger partial charge in [-0.05, 0) is 29.7 Å². The van der Waals surface area contributed by atoms with Gasteiger partial charge in [0.2, 0.25) is 21.8 Å². The number of sulfonamides is 1. The van der Waals surface area contributed by atoms with Crippen LogP contribution in [-0.4, -0.2) is 84.4 Å². The minimum absolute atomic E-state index is 0.00914. The predicted molar refractivity (Wildman–Crippen MR) is 140 cm³/mol. The summed E-state index contributed by atoms with van der Waals surface area (Å²) in [6.45, 7) is 1.65. The molecule has 0 saturated carbocycles. The molecule has 1 unspecified atom stereocenters. The molecule has 0 bridgehead atoms. The molecule has 2 fully saturated rings. The average Bonchev–Trinajstić information content (AvgIpc) is 3.24. The fraction of sp³-hybridized carbons (Fsp3) is 0.444. The lowest BCUT2D eigenvalue weighted by Gasteiger charge is -2.34. The first-order chi connectivity index (χ1) is 19.4. The summed E-state index contributed by atoms with van der Waals surface area (Å²) in [7, 11) is -4.38. The van der Waals surface area contributed by atoms with Crippen LogP contribution in [0.1, 0.15) is 39.9 Å². The quantitative estimate of drug-likeness (QED) is 0.465. The number of fused-ring (bicyclic) bond motifs is 1. The first kappa shape index (κ1) is 29.0. The highest BCUT2D eigenvalue weighted by Gasteiger charge is 2.41. The number of rotatable bonds is 8. The Kier molecular flexibility index (Phi) is 8.08. The number of imide groups is 1. The Morgan fingerprint density at radius 2 is 1.63 bits per heavy atom. The largest absolute Gasteiger partial charge is 0.489 e. The highest BCUT2D eigenvalue weighted by molar-refractivity contribution is 7.89. The molecule has 2 aromatic rings. The fourth-order valence-electron chi connectivity index (χ4n) is 5.32. The van der Waals surface area contributed by atoms with Crippen molar-refractivity contribution in [2.45, 2.75) is 44.8 Å². The molecule has 2 saturated heterocycles. The summed E-state index contributed by atoms with van der Waals surface area (Å²) in [5.74, 6) is -2.40. The van der Waals surface area contributed by atoms with E-state index in [1.807, 2.05) is 29.2 Å². The average molecular weight is 595 g/mol. The van der Waals surface area contributed by atoms with Crippen LogP contribution in [0.25, 0.3) is 0 Å². The Morgan fingerprint density at radius 3 is 2.29 bits per heavy atom. The molecule has 0 spiro atoms. The van der Waals surface area contributed by atoms with Crippen LogP contribution in [0, 0.1) is 0 Å². The van der Waals surface area contributed by atoms with Crippen LogP contribution in [0.2, 0.25) is 0 Å². The van der Waals surface area contributed by atoms with Crippen LogP contribution in [0.5, 0.6) is 5.75 Å². The van der Waals surface area contributed by atoms with Gasteiger partial charge in [-0.1, -0.05) is 30.3 Å². The van der Waals surface area contributed by atoms with Crippen LogP contribution in [0.4, 0.5) is 13.2 Å². The summed E-state index contributed by atoms with van der Waals surface area (Å²) >= 11 is 0. The van der Waals surface area contributed by atoms with Gasteiger partial charge in [0.1, 0.15) is 18.4 Å². The van der Waals surface area contributed by atoms with E-state index < -0.39 is 33.9 Å². The van der Waals surface area contributed by atoms with Gasteiger partial charge in [0.05, 0.1) is 6.54 Å². The number of amides is 3. The van der Waals surface area contributed by atoms with Gasteiger partial charge in [-0.2, -0.15) is 17.5 Å². The number of alkyl halides is 3. The standard InChI is InChI=1S/C27H29F3N4O6S/c28-27(29,30)17-41(38,39)33-12-10-32(11-13-33)14-18-4-6-19(7-5-18)16-40-23-3-1-2-20-21(23)15-34(26(20)37)22-8-9-24(35)31-25(22)36/h1-7,22H,8-17H2,(H,31,35,36). The van der Waals surface area contributed by atoms with E-state index in [1.54, 1.807) is 18.2 Å². The summed E-state index contributed by atoms with van der Waals surface area (Å²) in [5, 5.41) is 2.29. The molecular weight excluding hydrogens is 565 g/mol. The van der Waals surface area contributed by atoms with E-state index in [-0.39, 0.29) is 50.9 Å². The van der Waals surface area contributed by atoms with E-state index in [1.165, 1.54) is 4.90 Å². The molecule has 3 heterocycles. The SMILES string of the molecule is O=C1CCC(N2Cc3c(OCc4ccc(CN5CCN(S(=O)(=O)CC(F)(F)F)CC5)cc4)cccc3C2=O)C(=O)N1. The number of ether oxygens (including phenoxy) is 1. The van der Waals surface area contributed by atoms with Crippen LogP contribution in [-0.2, 0) is 39.3 Å². The number of hydrogen-bond acceptors (Lipinski definition) is 7. The smallest absolute Gasteiger partial charge is 0.404 e. The summed E-state index contributed by atoms with van der Waals surface area (Å²) in [5.41, 5.74) is 3.00. The number of carbonyl (C=O) groups is 3. The van der Waals surface area contributed by atoms with E-state index in [4.69, 9.17) is 4.74 Å². The number of piperidine rings is 1. The van der Waals surface area contributed by atoms with Crippen LogP contribution >= 0.6 is 0 Å². The Bertz CT molecular complexity index is 1440. The minimum Gasteiger partial charge on any atom is -0.489 e. The van der Waals surface area contributed by atoms with Crippen molar-refractivity contribution in [1.82, 2.24) is 19.4 Å². The lowest BCUT2D eigenvalue weighted by atomic mass is 10.0. The molecule has 2 aromatic carbocycles. The van der Waals surface area contributed by atoms with Gasteiger partial charge in [-0.3, -0.25) is 24.6 Å². The van der Waals surface area contributed by atoms with Crippen molar-refractivity contribution in [2.75, 3.05) is 31.9 Å². The Hall–Kier alpha value is -3.49. The Morgan fingerprint density at radius 1 is 0.951 bits per heavy atom. The first-order valence-electron chi connectivity index (χ1n) is 13.1. The molecule has 1 atom stereocenters. The van der Waals surface area contributed by atoms with Gasteiger partial charge in [0, 0.05) is 50.3 Å². The van der Waals surface area contributed by atoms with Crippen molar-refractivity contribution in [3.63, 3.8) is 0 Å². The third-order valence-electron chi connectivity index (χ3n) is 7.43. The lowest BCUT2D eigenvalue weighted by Crippen LogP contribution is -2.52. The molecule has 3 amide bonds. The van der Waals surface area contributed by atoms with Crippen molar-refractivity contribution in [1.29, 1.82) is 0 Å². The fourth-order valence-corrected chi connectivity index (χ4v) is 6.63. The number of carbonyl (C=O) groups excluding carboxylic acids is 3. The highest BCUT2D eigenvalue weighted by atomic mass is 32.2. The zero-order valence-electron chi connectivity index (χ0n) is 22.0. The lowest BCUT2D eigenvalue weighted by molar-refractivity contribution is -0.137. The summed E-state index contributed by atoms with van der Waals surface area (Å²) in [6.07, 6.45) is -4.31. The van der Waals surface area contributed by atoms with E-state index in [0.29, 0.717) is 36.5 Å². The third kappa shape index (κ3) is 6.71. The molecule has 3 aliphatic heterocycles. The second kappa shape index (κ2) is 11.4. The monoisotopic (exact) mass is 594 g/mol. The van der Waals surface area contributed by atoms with Crippen molar-refractivity contribution >= 4 is 27.7 Å². The zero-order chi connectivity index (χ0) is 29.4. The molecule has 3 aliphatic rings. The van der Waals surface area contributed by atoms with E-state index in [0.717, 1.165) is 15.4 Å². The van der Waals surface area contributed by atoms with Crippen molar-refractivity contribution in [2.24, 2.45) is 0 Å². The maximum atomic E-state index is 13.0. The number of piperazine rings is 1. The molecule has 5 rings (SSSR count). The maximum Gasteiger partial charge on any atom is 0.404 e. The number of nitrogens with one attached hydrogen (secondary N) is 1. The summed E-state index contributed by atoms with van der Waals surface area (Å²) in [6, 6.07) is 12.1. The molecule has 0 radical (unpaired) electrons. The van der Waals surface area contributed by atoms with Crippen molar-refractivity contribution < 1.29 is 40.7 Å². The van der Waals surface area contributed by atoms with Gasteiger partial charge in [-0.15, -0.1) is 0 Å². The normalized spacial score (nSPS) is 20.7. The maximum absolute atomic E-state index is 13.0. The number of benzene rings is 2. The second-order valence-corrected chi connectivity index (χ2v) is 12.3. The van der Waals surface area contributed by atoms with Crippen LogP contribution < -0.4 is 10.1 Å². The first-order valence-corrected chi connectivity index (χ1v) is 14.7. The molecule has 14 heteroatoms. The predicted octanol–water partition coefficient (Wildman–Crippen LogP) is 2.04. The van der Waals surface area contributed by atoms with Gasteiger partial charge in [-0.25, -0.2) is 8.42 Å². The Balaban J connectivity index is 1.14. The van der Waals surface area contributed by atoms with Gasteiger partial charge >= 0.3 is 6.18 Å². The number of hydrogen-bond donors (Lipinski definition) is 1. The van der Waals surface area contributed by atoms with E-state index in [9.17, 15) is 36.0 Å². The molecule has 0 aliphatic carbocycles. The van der Waals surface area contributed by atoms with Crippen molar-refractivity contribution in [3.05, 3.63) is 64.7 Å². The molecule has 220 valence electrons. The minimum atomic E-state index is -4.77. The van der Waals surface area contributed by atoms with E-state index in [2.05, 4.69) is 5.32 Å². The number of halogens is 3. The van der Waals surface area contributed by atoms with Gasteiger partial charge in [0.25, 0.3) is 5.91 Å². The van der Waals surface area contributed by atoms with Crippen molar-refractivity contribution in [3.8, 4) is 5.75 Å². The Labute approximate surface area is 235 Å². The van der Waals surface area contributed by atoms with Crippen LogP contribution in [0.15, 0.2) is 42.5 Å². The number of nitrogens with zero attached hydrogens (tertiary/aromatic N) is 3. The third-order valence-corrected chi connectivity index (χ3v) is 9.28. The molecule has 0 aromatic heterocycles. The van der Waals surface area contributed by atoms with Crippen LogP contribution in [0.3, 0.4) is 0 Å². The topological polar surface area (TPSA) is 116 Å². The molecule has 10 nitrogen and oxygen atoms in total. The summed E-state index contributed by atoms with van der Waals surface area (Å²) in [4.78, 5) is 40.3. The van der Waals surface area contributed by atoms with E-state index >= 15 is 0 Å². The van der Waals surface area contributed by atoms with Gasteiger partial charge in [0.15, 0.2) is 5.75 Å². The molecule has 1 N–H and O–H groups in total. The highest BCUT2D eigenvalue weighted by Crippen LogP contribution is 2.34. The second-order valence-electron chi connectivity index (χ2n) is 10.3. The van der Waals surface area contributed by atoms with Gasteiger partial charge < -0.3 is 9.64 Å².